The molecule has 0 saturated carbocycles. The second kappa shape index (κ2) is 7.98. The zero-order chi connectivity index (χ0) is 15.9. The van der Waals surface area contributed by atoms with E-state index in [-0.39, 0.29) is 24.5 Å². The summed E-state index contributed by atoms with van der Waals surface area (Å²) in [6.07, 6.45) is 1.86. The highest BCUT2D eigenvalue weighted by molar-refractivity contribution is 5.74. The molecule has 0 aliphatic carbocycles. The van der Waals surface area contributed by atoms with Gasteiger partial charge >= 0.3 is 6.03 Å². The molecule has 1 aliphatic heterocycles. The van der Waals surface area contributed by atoms with Crippen LogP contribution < -0.4 is 10.2 Å². The molecule has 1 aliphatic rings. The number of hydrogen-bond donors (Lipinski definition) is 2. The van der Waals surface area contributed by atoms with Crippen LogP contribution in [0.4, 0.5) is 14.9 Å². The molecule has 1 saturated heterocycles. The van der Waals surface area contributed by atoms with E-state index in [0.717, 1.165) is 25.1 Å². The van der Waals surface area contributed by atoms with E-state index < -0.39 is 0 Å². The molecule has 2 N–H and O–H groups in total. The third kappa shape index (κ3) is 4.34. The van der Waals surface area contributed by atoms with Gasteiger partial charge < -0.3 is 20.2 Å². The number of nitrogens with one attached hydrogen (secondary N) is 1. The molecule has 1 aromatic rings. The Hall–Kier alpha value is -1.82. The van der Waals surface area contributed by atoms with Gasteiger partial charge in [-0.15, -0.1) is 0 Å². The van der Waals surface area contributed by atoms with E-state index in [4.69, 9.17) is 5.11 Å². The minimum atomic E-state index is -0.247. The number of rotatable bonds is 5. The highest BCUT2D eigenvalue weighted by Gasteiger charge is 2.23. The number of nitrogens with zero attached hydrogens (tertiary/aromatic N) is 2. The van der Waals surface area contributed by atoms with Crippen LogP contribution in [-0.2, 0) is 0 Å². The van der Waals surface area contributed by atoms with Gasteiger partial charge in [-0.25, -0.2) is 9.18 Å². The van der Waals surface area contributed by atoms with Crippen molar-refractivity contribution < 1.29 is 14.3 Å². The normalized spacial score (nSPS) is 18.1. The van der Waals surface area contributed by atoms with Crippen LogP contribution >= 0.6 is 0 Å². The van der Waals surface area contributed by atoms with E-state index in [0.29, 0.717) is 19.6 Å². The molecule has 1 aromatic carbocycles. The molecule has 0 radical (unpaired) electrons. The first-order valence-electron chi connectivity index (χ1n) is 7.81. The fourth-order valence-corrected chi connectivity index (χ4v) is 2.79. The van der Waals surface area contributed by atoms with Crippen LogP contribution in [0, 0.1) is 5.82 Å². The molecular formula is C16H24FN3O2. The average Bonchev–Trinajstić information content (AvgIpc) is 2.52. The maximum absolute atomic E-state index is 13.3. The van der Waals surface area contributed by atoms with Gasteiger partial charge in [0.15, 0.2) is 0 Å². The first-order valence-corrected chi connectivity index (χ1v) is 7.81. The Balaban J connectivity index is 1.94. The van der Waals surface area contributed by atoms with Gasteiger partial charge in [-0.05, 0) is 38.0 Å². The molecular weight excluding hydrogens is 285 g/mol. The number of aliphatic hydroxyl groups is 1. The summed E-state index contributed by atoms with van der Waals surface area (Å²) in [5, 5.41) is 12.0. The van der Waals surface area contributed by atoms with Crippen molar-refractivity contribution in [2.45, 2.75) is 25.8 Å². The SMILES string of the molecule is CCN(CCO)C(=O)NC1CCCN(c2cccc(F)c2)C1. The van der Waals surface area contributed by atoms with Crippen LogP contribution in [0.15, 0.2) is 24.3 Å². The Morgan fingerprint density at radius 2 is 2.36 bits per heavy atom. The number of benzene rings is 1. The van der Waals surface area contributed by atoms with E-state index in [1.54, 1.807) is 11.0 Å². The van der Waals surface area contributed by atoms with Crippen molar-refractivity contribution >= 4 is 11.7 Å². The fourth-order valence-electron chi connectivity index (χ4n) is 2.79. The second-order valence-corrected chi connectivity index (χ2v) is 5.52. The number of amides is 2. The largest absolute Gasteiger partial charge is 0.395 e. The van der Waals surface area contributed by atoms with Crippen LogP contribution in [0.1, 0.15) is 19.8 Å². The predicted molar refractivity (Wildman–Crippen MR) is 84.5 cm³/mol. The van der Waals surface area contributed by atoms with E-state index in [1.165, 1.54) is 12.1 Å². The molecule has 5 nitrogen and oxygen atoms in total. The maximum atomic E-state index is 13.3. The number of likely N-dealkylation sites (N-methyl/N-ethyl adjacent to an activating group) is 1. The van der Waals surface area contributed by atoms with Crippen molar-refractivity contribution in [1.29, 1.82) is 0 Å². The predicted octanol–water partition coefficient (Wildman–Crippen LogP) is 1.82. The van der Waals surface area contributed by atoms with Gasteiger partial charge in [-0.2, -0.15) is 0 Å². The standard InChI is InChI=1S/C16H24FN3O2/c1-2-19(9-10-21)16(22)18-14-6-4-8-20(12-14)15-7-3-5-13(17)11-15/h3,5,7,11,14,21H,2,4,6,8-10,12H2,1H3,(H,18,22). The van der Waals surface area contributed by atoms with Crippen molar-refractivity contribution in [2.24, 2.45) is 0 Å². The number of carbonyl (C=O) groups excluding carboxylic acids is 1. The van der Waals surface area contributed by atoms with Gasteiger partial charge in [-0.1, -0.05) is 6.07 Å². The summed E-state index contributed by atoms with van der Waals surface area (Å²) in [5.74, 6) is -0.247. The topological polar surface area (TPSA) is 55.8 Å². The quantitative estimate of drug-likeness (QED) is 0.872. The van der Waals surface area contributed by atoms with Gasteiger partial charge in [0, 0.05) is 37.9 Å². The molecule has 1 heterocycles. The molecule has 0 bridgehead atoms. The first-order chi connectivity index (χ1) is 10.6. The van der Waals surface area contributed by atoms with Crippen LogP contribution in [0.5, 0.6) is 0 Å². The number of carbonyl (C=O) groups is 1. The highest BCUT2D eigenvalue weighted by atomic mass is 19.1. The number of hydrogen-bond acceptors (Lipinski definition) is 3. The van der Waals surface area contributed by atoms with Crippen molar-refractivity contribution in [3.05, 3.63) is 30.1 Å². The van der Waals surface area contributed by atoms with Gasteiger partial charge in [0.1, 0.15) is 5.82 Å². The van der Waals surface area contributed by atoms with Crippen LogP contribution in [0.3, 0.4) is 0 Å². The smallest absolute Gasteiger partial charge is 0.317 e. The zero-order valence-electron chi connectivity index (χ0n) is 13.0. The van der Waals surface area contributed by atoms with E-state index in [2.05, 4.69) is 10.2 Å². The molecule has 122 valence electrons. The number of piperidine rings is 1. The molecule has 2 amide bonds. The Morgan fingerprint density at radius 3 is 3.05 bits per heavy atom. The molecule has 6 heteroatoms. The van der Waals surface area contributed by atoms with E-state index >= 15 is 0 Å². The fraction of sp³-hybridized carbons (Fsp3) is 0.562. The first kappa shape index (κ1) is 16.5. The number of aliphatic hydroxyl groups excluding tert-OH is 1. The van der Waals surface area contributed by atoms with E-state index in [1.807, 2.05) is 13.0 Å². The Labute approximate surface area is 130 Å². The summed E-state index contributed by atoms with van der Waals surface area (Å²) in [6.45, 7) is 4.28. The summed E-state index contributed by atoms with van der Waals surface area (Å²) in [7, 11) is 0. The van der Waals surface area contributed by atoms with Gasteiger partial charge in [-0.3, -0.25) is 0 Å². The lowest BCUT2D eigenvalue weighted by atomic mass is 10.0. The van der Waals surface area contributed by atoms with Crippen molar-refractivity contribution in [3.63, 3.8) is 0 Å². The third-order valence-electron chi connectivity index (χ3n) is 3.96. The third-order valence-corrected chi connectivity index (χ3v) is 3.96. The maximum Gasteiger partial charge on any atom is 0.317 e. The van der Waals surface area contributed by atoms with Crippen LogP contribution in [0.2, 0.25) is 0 Å². The van der Waals surface area contributed by atoms with Gasteiger partial charge in [0.2, 0.25) is 0 Å². The Kier molecular flexibility index (Phi) is 6.00. The van der Waals surface area contributed by atoms with Crippen LogP contribution in [-0.4, -0.2) is 54.9 Å². The van der Waals surface area contributed by atoms with Gasteiger partial charge in [0.05, 0.1) is 6.61 Å². The Morgan fingerprint density at radius 1 is 1.55 bits per heavy atom. The number of urea groups is 1. The lowest BCUT2D eigenvalue weighted by Gasteiger charge is -2.35. The molecule has 0 aromatic heterocycles. The molecule has 1 fully saturated rings. The van der Waals surface area contributed by atoms with Crippen molar-refractivity contribution in [1.82, 2.24) is 10.2 Å². The molecule has 22 heavy (non-hydrogen) atoms. The Bertz CT molecular complexity index is 498. The summed E-state index contributed by atoms with van der Waals surface area (Å²) in [5.41, 5.74) is 0.849. The summed E-state index contributed by atoms with van der Waals surface area (Å²) < 4.78 is 13.3. The van der Waals surface area contributed by atoms with E-state index in [9.17, 15) is 9.18 Å². The second-order valence-electron chi connectivity index (χ2n) is 5.52. The zero-order valence-corrected chi connectivity index (χ0v) is 13.0. The number of anilines is 1. The number of halogens is 1. The van der Waals surface area contributed by atoms with Gasteiger partial charge in [0.25, 0.3) is 0 Å². The van der Waals surface area contributed by atoms with Crippen LogP contribution in [0.25, 0.3) is 0 Å². The highest BCUT2D eigenvalue weighted by Crippen LogP contribution is 2.20. The summed E-state index contributed by atoms with van der Waals surface area (Å²) in [4.78, 5) is 15.8. The monoisotopic (exact) mass is 309 g/mol. The summed E-state index contributed by atoms with van der Waals surface area (Å²) in [6, 6.07) is 6.43. The lowest BCUT2D eigenvalue weighted by Crippen LogP contribution is -2.52. The lowest BCUT2D eigenvalue weighted by molar-refractivity contribution is 0.176. The average molecular weight is 309 g/mol. The minimum absolute atomic E-state index is 0.0391. The molecule has 1 atom stereocenters. The van der Waals surface area contributed by atoms with Crippen molar-refractivity contribution in [3.8, 4) is 0 Å². The molecule has 1 unspecified atom stereocenters. The minimum Gasteiger partial charge on any atom is -0.395 e. The summed E-state index contributed by atoms with van der Waals surface area (Å²) >= 11 is 0. The van der Waals surface area contributed by atoms with Crippen molar-refractivity contribution in [2.75, 3.05) is 37.7 Å². The molecule has 2 rings (SSSR count). The molecule has 0 spiro atoms.